The molecule has 0 spiro atoms. The van der Waals surface area contributed by atoms with Gasteiger partial charge in [0.25, 0.3) is 5.91 Å². The van der Waals surface area contributed by atoms with Crippen LogP contribution in [-0.4, -0.2) is 70.7 Å². The number of anilines is 2. The van der Waals surface area contributed by atoms with Crippen molar-refractivity contribution in [2.75, 3.05) is 50.1 Å². The van der Waals surface area contributed by atoms with Crippen molar-refractivity contribution in [3.63, 3.8) is 0 Å². The number of hydrogen-bond donors (Lipinski definition) is 3. The average molecular weight is 627 g/mol. The van der Waals surface area contributed by atoms with Crippen LogP contribution < -0.4 is 14.9 Å². The Kier molecular flexibility index (Phi) is 8.36. The van der Waals surface area contributed by atoms with Gasteiger partial charge < -0.3 is 25.1 Å². The largest absolute Gasteiger partial charge is 0.506 e. The maximum absolute atomic E-state index is 14.4. The van der Waals surface area contributed by atoms with Crippen molar-refractivity contribution >= 4 is 44.2 Å². The van der Waals surface area contributed by atoms with Crippen molar-refractivity contribution in [2.45, 2.75) is 12.3 Å². The molecule has 2 unspecified atom stereocenters. The number of phenolic OH excluding ortho intramolecular Hbond substituents is 1. The van der Waals surface area contributed by atoms with Crippen molar-refractivity contribution in [3.8, 4) is 17.1 Å². The van der Waals surface area contributed by atoms with Gasteiger partial charge in [-0.05, 0) is 67.4 Å². The van der Waals surface area contributed by atoms with Crippen molar-refractivity contribution in [1.29, 1.82) is 0 Å². The molecule has 3 aromatic carbocycles. The molecular formula is C31H32F2N4O6S. The number of benzene rings is 3. The zero-order valence-corrected chi connectivity index (χ0v) is 25.3. The molecule has 1 fully saturated rings. The monoisotopic (exact) mass is 626 g/mol. The van der Waals surface area contributed by atoms with Gasteiger partial charge in [0.2, 0.25) is 15.9 Å². The summed E-state index contributed by atoms with van der Waals surface area (Å²) < 4.78 is 60.8. The molecule has 1 saturated heterocycles. The summed E-state index contributed by atoms with van der Waals surface area (Å²) in [5.41, 5.74) is 1.42. The molecule has 44 heavy (non-hydrogen) atoms. The number of carbonyl (C=O) groups is 2. The predicted octanol–water partition coefficient (Wildman–Crippen LogP) is 4.51. The van der Waals surface area contributed by atoms with Gasteiger partial charge in [0.15, 0.2) is 5.82 Å². The standard InChI is InChI=1S/C31H32F2N4O6S/c1-34-31(40)27-22-13-21(18-12-19(16-36(2)15-18)30(39)35-28-23(33)6-5-7-25(28)38)24(37(3)44(4,41)42)14-26(22)43-29(27)17-8-10-20(32)11-9-17/h5-11,13-14,18-19,38H,12,15-16H2,1-4H3,(H,34,40)(H,35,39). The Balaban J connectivity index is 1.63. The van der Waals surface area contributed by atoms with Crippen molar-refractivity contribution in [1.82, 2.24) is 10.2 Å². The number of carbonyl (C=O) groups excluding carboxylic acids is 2. The first-order valence-electron chi connectivity index (χ1n) is 13.8. The second kappa shape index (κ2) is 11.9. The molecule has 1 aromatic heterocycles. The van der Waals surface area contributed by atoms with Gasteiger partial charge in [-0.25, -0.2) is 17.2 Å². The van der Waals surface area contributed by atoms with Crippen LogP contribution in [0.2, 0.25) is 0 Å². The van der Waals surface area contributed by atoms with Gasteiger partial charge in [-0.3, -0.25) is 13.9 Å². The maximum atomic E-state index is 14.4. The molecule has 5 rings (SSSR count). The van der Waals surface area contributed by atoms with Crippen LogP contribution in [0.25, 0.3) is 22.3 Å². The molecule has 1 aliphatic rings. The highest BCUT2D eigenvalue weighted by atomic mass is 32.2. The third-order valence-electron chi connectivity index (χ3n) is 7.92. The number of nitrogens with zero attached hydrogens (tertiary/aromatic N) is 2. The number of aromatic hydroxyl groups is 1. The number of fused-ring (bicyclic) bond motifs is 1. The first kappa shape index (κ1) is 31.0. The van der Waals surface area contributed by atoms with Crippen molar-refractivity contribution in [2.24, 2.45) is 5.92 Å². The third-order valence-corrected chi connectivity index (χ3v) is 9.11. The number of sulfonamides is 1. The fraction of sp³-hybridized carbons (Fsp3) is 0.290. The smallest absolute Gasteiger partial charge is 0.255 e. The van der Waals surface area contributed by atoms with Crippen LogP contribution in [0.1, 0.15) is 28.3 Å². The molecule has 232 valence electrons. The zero-order valence-electron chi connectivity index (χ0n) is 24.5. The lowest BCUT2D eigenvalue weighted by atomic mass is 9.82. The molecule has 0 radical (unpaired) electrons. The van der Waals surface area contributed by atoms with E-state index in [4.69, 9.17) is 4.42 Å². The van der Waals surface area contributed by atoms with Gasteiger partial charge in [0.05, 0.1) is 23.4 Å². The summed E-state index contributed by atoms with van der Waals surface area (Å²) in [5.74, 6) is -3.47. The quantitative estimate of drug-likeness (QED) is 0.257. The number of hydrogen-bond acceptors (Lipinski definition) is 7. The van der Waals surface area contributed by atoms with E-state index in [1.165, 1.54) is 50.5 Å². The van der Waals surface area contributed by atoms with Crippen molar-refractivity contribution in [3.05, 3.63) is 77.4 Å². The highest BCUT2D eigenvalue weighted by molar-refractivity contribution is 7.92. The van der Waals surface area contributed by atoms with Crippen LogP contribution in [0.3, 0.4) is 0 Å². The Bertz CT molecular complexity index is 1840. The van der Waals surface area contributed by atoms with Crippen LogP contribution in [0.5, 0.6) is 5.75 Å². The topological polar surface area (TPSA) is 132 Å². The van der Waals surface area contributed by atoms with Gasteiger partial charge in [0, 0.05) is 44.2 Å². The van der Waals surface area contributed by atoms with Crippen LogP contribution in [0.4, 0.5) is 20.2 Å². The lowest BCUT2D eigenvalue weighted by Crippen LogP contribution is -2.42. The molecule has 4 aromatic rings. The van der Waals surface area contributed by atoms with E-state index in [0.717, 1.165) is 16.6 Å². The zero-order chi connectivity index (χ0) is 31.9. The molecule has 1 aliphatic heterocycles. The lowest BCUT2D eigenvalue weighted by molar-refractivity contribution is -0.121. The number of para-hydroxylation sites is 1. The number of halogens is 2. The summed E-state index contributed by atoms with van der Waals surface area (Å²) in [7, 11) is 0.930. The van der Waals surface area contributed by atoms with E-state index in [1.54, 1.807) is 12.1 Å². The fourth-order valence-corrected chi connectivity index (χ4v) is 6.19. The number of nitrogens with one attached hydrogen (secondary N) is 2. The van der Waals surface area contributed by atoms with Gasteiger partial charge in [-0.15, -0.1) is 0 Å². The van der Waals surface area contributed by atoms with Crippen LogP contribution in [0, 0.1) is 17.6 Å². The summed E-state index contributed by atoms with van der Waals surface area (Å²) >= 11 is 0. The Morgan fingerprint density at radius 1 is 1.09 bits per heavy atom. The Morgan fingerprint density at radius 3 is 2.43 bits per heavy atom. The molecule has 2 atom stereocenters. The average Bonchev–Trinajstić information content (AvgIpc) is 3.35. The second-order valence-electron chi connectivity index (χ2n) is 11.0. The molecule has 2 amide bonds. The summed E-state index contributed by atoms with van der Waals surface area (Å²) in [5, 5.41) is 15.6. The number of likely N-dealkylation sites (tertiary alicyclic amines) is 1. The first-order chi connectivity index (χ1) is 20.8. The number of amides is 2. The normalized spacial score (nSPS) is 17.4. The van der Waals surface area contributed by atoms with E-state index < -0.39 is 51.1 Å². The summed E-state index contributed by atoms with van der Waals surface area (Å²) in [6, 6.07) is 12.4. The molecule has 3 N–H and O–H groups in total. The van der Waals surface area contributed by atoms with E-state index in [2.05, 4.69) is 10.6 Å². The van der Waals surface area contributed by atoms with E-state index in [0.29, 0.717) is 35.3 Å². The Hall–Kier alpha value is -4.49. The highest BCUT2D eigenvalue weighted by Crippen LogP contribution is 2.42. The van der Waals surface area contributed by atoms with Gasteiger partial charge >= 0.3 is 0 Å². The van der Waals surface area contributed by atoms with E-state index in [1.807, 2.05) is 11.9 Å². The molecular weight excluding hydrogens is 594 g/mol. The van der Waals surface area contributed by atoms with E-state index in [-0.39, 0.29) is 29.0 Å². The molecule has 0 aliphatic carbocycles. The van der Waals surface area contributed by atoms with Crippen LogP contribution >= 0.6 is 0 Å². The number of likely N-dealkylation sites (N-methyl/N-ethyl adjacent to an activating group) is 1. The second-order valence-corrected chi connectivity index (χ2v) is 13.0. The SMILES string of the molecule is CNC(=O)c1c(-c2ccc(F)cc2)oc2cc(N(C)S(C)(=O)=O)c(C3CC(C(=O)Nc4c(O)cccc4F)CN(C)C3)cc12. The number of furan rings is 1. The predicted molar refractivity (Wildman–Crippen MR) is 163 cm³/mol. The van der Waals surface area contributed by atoms with E-state index in [9.17, 15) is 31.9 Å². The van der Waals surface area contributed by atoms with Crippen LogP contribution in [-0.2, 0) is 14.8 Å². The molecule has 2 heterocycles. The van der Waals surface area contributed by atoms with E-state index >= 15 is 0 Å². The molecule has 13 heteroatoms. The Labute approximate surface area is 253 Å². The van der Waals surface area contributed by atoms with Gasteiger partial charge in [-0.2, -0.15) is 0 Å². The molecule has 10 nitrogen and oxygen atoms in total. The summed E-state index contributed by atoms with van der Waals surface area (Å²) in [6.45, 7) is 0.782. The van der Waals surface area contributed by atoms with Crippen LogP contribution in [0.15, 0.2) is 59.0 Å². The minimum Gasteiger partial charge on any atom is -0.506 e. The Morgan fingerprint density at radius 2 is 1.80 bits per heavy atom. The number of piperidine rings is 1. The minimum atomic E-state index is -3.75. The summed E-state index contributed by atoms with van der Waals surface area (Å²) in [6.07, 6.45) is 1.33. The highest BCUT2D eigenvalue weighted by Gasteiger charge is 2.35. The van der Waals surface area contributed by atoms with Crippen molar-refractivity contribution < 1.29 is 36.3 Å². The number of phenols is 1. The van der Waals surface area contributed by atoms with Gasteiger partial charge in [-0.1, -0.05) is 6.07 Å². The first-order valence-corrected chi connectivity index (χ1v) is 15.6. The minimum absolute atomic E-state index is 0.187. The summed E-state index contributed by atoms with van der Waals surface area (Å²) in [4.78, 5) is 28.4. The molecule has 0 bridgehead atoms. The lowest BCUT2D eigenvalue weighted by Gasteiger charge is -2.36. The molecule has 0 saturated carbocycles. The fourth-order valence-electron chi connectivity index (χ4n) is 5.68. The third kappa shape index (κ3) is 5.97. The van der Waals surface area contributed by atoms with Gasteiger partial charge in [0.1, 0.15) is 28.6 Å². The number of rotatable bonds is 7. The maximum Gasteiger partial charge on any atom is 0.255 e.